The molecular formula is C19H23N5OS. The largest absolute Gasteiger partial charge is 0.339 e. The van der Waals surface area contributed by atoms with Crippen LogP contribution in [0.5, 0.6) is 0 Å². The first-order valence-electron chi connectivity index (χ1n) is 9.06. The zero-order valence-corrected chi connectivity index (χ0v) is 16.2. The highest BCUT2D eigenvalue weighted by Crippen LogP contribution is 2.27. The van der Waals surface area contributed by atoms with E-state index in [0.717, 1.165) is 41.5 Å². The standard InChI is InChI=1S/C19H23N5OS/c1-12-7-8-15-14(10-12)17-18(23(15)3)20-19(22-21-17)26-11-16(25)24-9-5-4-6-13(24)2/h7-8,10,13H,4-6,9,11H2,1-3H3/t13-/m0/s1. The number of carbonyl (C=O) groups is 1. The normalized spacial score (nSPS) is 18.0. The first kappa shape index (κ1) is 17.3. The molecule has 2 aromatic heterocycles. The van der Waals surface area contributed by atoms with E-state index in [1.807, 2.05) is 16.5 Å². The Morgan fingerprint density at radius 2 is 2.15 bits per heavy atom. The molecule has 1 atom stereocenters. The fourth-order valence-corrected chi connectivity index (χ4v) is 4.36. The minimum absolute atomic E-state index is 0.165. The zero-order valence-electron chi connectivity index (χ0n) is 15.4. The van der Waals surface area contributed by atoms with Gasteiger partial charge in [-0.05, 0) is 45.2 Å². The predicted molar refractivity (Wildman–Crippen MR) is 104 cm³/mol. The third-order valence-corrected chi connectivity index (χ3v) is 6.01. The molecular weight excluding hydrogens is 346 g/mol. The van der Waals surface area contributed by atoms with Crippen LogP contribution in [-0.2, 0) is 11.8 Å². The number of fused-ring (bicyclic) bond motifs is 3. The van der Waals surface area contributed by atoms with Crippen LogP contribution in [0.4, 0.5) is 0 Å². The van der Waals surface area contributed by atoms with Gasteiger partial charge in [-0.15, -0.1) is 10.2 Å². The van der Waals surface area contributed by atoms with Crippen LogP contribution < -0.4 is 0 Å². The lowest BCUT2D eigenvalue weighted by atomic mass is 10.0. The number of piperidine rings is 1. The molecule has 0 aliphatic carbocycles. The maximum absolute atomic E-state index is 12.5. The van der Waals surface area contributed by atoms with Crippen LogP contribution in [0.2, 0.25) is 0 Å². The average Bonchev–Trinajstić information content (AvgIpc) is 2.91. The summed E-state index contributed by atoms with van der Waals surface area (Å²) >= 11 is 1.37. The maximum atomic E-state index is 12.5. The first-order valence-corrected chi connectivity index (χ1v) is 10.0. The molecule has 26 heavy (non-hydrogen) atoms. The van der Waals surface area contributed by atoms with Gasteiger partial charge in [0.05, 0.1) is 11.3 Å². The SMILES string of the molecule is Cc1ccc2c(c1)c1nnc(SCC(=O)N3CCCC[C@@H]3C)nc1n2C. The molecule has 1 fully saturated rings. The van der Waals surface area contributed by atoms with Crippen molar-refractivity contribution < 1.29 is 4.79 Å². The van der Waals surface area contributed by atoms with Crippen molar-refractivity contribution >= 4 is 39.7 Å². The summed E-state index contributed by atoms with van der Waals surface area (Å²) in [6.45, 7) is 5.06. The summed E-state index contributed by atoms with van der Waals surface area (Å²) < 4.78 is 2.04. The first-order chi connectivity index (χ1) is 12.5. The molecule has 0 radical (unpaired) electrons. The van der Waals surface area contributed by atoms with Gasteiger partial charge in [-0.3, -0.25) is 4.79 Å². The summed E-state index contributed by atoms with van der Waals surface area (Å²) in [5, 5.41) is 10.3. The zero-order chi connectivity index (χ0) is 18.3. The van der Waals surface area contributed by atoms with Crippen LogP contribution in [0.25, 0.3) is 22.1 Å². The van der Waals surface area contributed by atoms with Gasteiger partial charge < -0.3 is 9.47 Å². The molecule has 0 bridgehead atoms. The molecule has 4 rings (SSSR count). The number of hydrogen-bond donors (Lipinski definition) is 0. The average molecular weight is 369 g/mol. The van der Waals surface area contributed by atoms with Crippen molar-refractivity contribution in [2.45, 2.75) is 44.3 Å². The molecule has 1 amide bonds. The van der Waals surface area contributed by atoms with Gasteiger partial charge in [-0.1, -0.05) is 23.4 Å². The second kappa shape index (κ2) is 6.87. The van der Waals surface area contributed by atoms with Crippen molar-refractivity contribution in [1.82, 2.24) is 24.6 Å². The molecule has 1 aromatic carbocycles. The van der Waals surface area contributed by atoms with E-state index >= 15 is 0 Å². The highest BCUT2D eigenvalue weighted by atomic mass is 32.2. The molecule has 1 aliphatic heterocycles. The number of amides is 1. The van der Waals surface area contributed by atoms with Crippen molar-refractivity contribution in [2.75, 3.05) is 12.3 Å². The minimum Gasteiger partial charge on any atom is -0.339 e. The molecule has 1 aliphatic rings. The van der Waals surface area contributed by atoms with E-state index in [-0.39, 0.29) is 5.91 Å². The van der Waals surface area contributed by atoms with Crippen LogP contribution in [0.15, 0.2) is 23.4 Å². The van der Waals surface area contributed by atoms with Gasteiger partial charge in [-0.2, -0.15) is 0 Å². The number of thioether (sulfide) groups is 1. The summed E-state index contributed by atoms with van der Waals surface area (Å²) in [4.78, 5) is 19.2. The Morgan fingerprint density at radius 1 is 1.31 bits per heavy atom. The van der Waals surface area contributed by atoms with E-state index in [1.54, 1.807) is 0 Å². The Hall–Kier alpha value is -2.15. The number of aryl methyl sites for hydroxylation is 2. The van der Waals surface area contributed by atoms with E-state index in [2.05, 4.69) is 47.2 Å². The highest BCUT2D eigenvalue weighted by Gasteiger charge is 2.23. The molecule has 7 heteroatoms. The topological polar surface area (TPSA) is 63.9 Å². The monoisotopic (exact) mass is 369 g/mol. The van der Waals surface area contributed by atoms with Gasteiger partial charge in [0.25, 0.3) is 0 Å². The van der Waals surface area contributed by atoms with Crippen LogP contribution in [0, 0.1) is 6.92 Å². The number of carbonyl (C=O) groups excluding carboxylic acids is 1. The molecule has 0 N–H and O–H groups in total. The Morgan fingerprint density at radius 3 is 2.96 bits per heavy atom. The molecule has 3 heterocycles. The van der Waals surface area contributed by atoms with E-state index < -0.39 is 0 Å². The van der Waals surface area contributed by atoms with Crippen LogP contribution in [0.1, 0.15) is 31.7 Å². The second-order valence-electron chi connectivity index (χ2n) is 7.07. The minimum atomic E-state index is 0.165. The van der Waals surface area contributed by atoms with Crippen molar-refractivity contribution in [1.29, 1.82) is 0 Å². The van der Waals surface area contributed by atoms with Gasteiger partial charge in [0.1, 0.15) is 5.52 Å². The number of nitrogens with zero attached hydrogens (tertiary/aromatic N) is 5. The lowest BCUT2D eigenvalue weighted by molar-refractivity contribution is -0.131. The summed E-state index contributed by atoms with van der Waals surface area (Å²) in [7, 11) is 1.99. The van der Waals surface area contributed by atoms with E-state index in [0.29, 0.717) is 17.0 Å². The van der Waals surface area contributed by atoms with Crippen molar-refractivity contribution in [3.05, 3.63) is 23.8 Å². The quantitative estimate of drug-likeness (QED) is 0.663. The molecule has 0 saturated carbocycles. The fourth-order valence-electron chi connectivity index (χ4n) is 3.70. The maximum Gasteiger partial charge on any atom is 0.233 e. The molecule has 1 saturated heterocycles. The Kier molecular flexibility index (Phi) is 4.56. The second-order valence-corrected chi connectivity index (χ2v) is 8.01. The number of rotatable bonds is 3. The number of aromatic nitrogens is 4. The Balaban J connectivity index is 1.57. The van der Waals surface area contributed by atoms with Gasteiger partial charge >= 0.3 is 0 Å². The van der Waals surface area contributed by atoms with Crippen molar-refractivity contribution in [2.24, 2.45) is 7.05 Å². The lowest BCUT2D eigenvalue weighted by Gasteiger charge is -2.33. The van der Waals surface area contributed by atoms with Crippen LogP contribution in [0.3, 0.4) is 0 Å². The van der Waals surface area contributed by atoms with E-state index in [9.17, 15) is 4.79 Å². The fraction of sp³-hybridized carbons (Fsp3) is 0.474. The Bertz CT molecular complexity index is 983. The molecule has 136 valence electrons. The number of hydrogen-bond acceptors (Lipinski definition) is 5. The molecule has 0 spiro atoms. The Labute approximate surface area is 157 Å². The molecule has 0 unspecified atom stereocenters. The van der Waals surface area contributed by atoms with Gasteiger partial charge in [0.2, 0.25) is 11.1 Å². The lowest BCUT2D eigenvalue weighted by Crippen LogP contribution is -2.42. The predicted octanol–water partition coefficient (Wildman–Crippen LogP) is 3.32. The van der Waals surface area contributed by atoms with Crippen molar-refractivity contribution in [3.8, 4) is 0 Å². The van der Waals surface area contributed by atoms with E-state index in [4.69, 9.17) is 0 Å². The van der Waals surface area contributed by atoms with Gasteiger partial charge in [0, 0.05) is 25.0 Å². The van der Waals surface area contributed by atoms with Crippen molar-refractivity contribution in [3.63, 3.8) is 0 Å². The summed E-state index contributed by atoms with van der Waals surface area (Å²) in [6.07, 6.45) is 3.40. The molecule has 6 nitrogen and oxygen atoms in total. The smallest absolute Gasteiger partial charge is 0.233 e. The molecule has 3 aromatic rings. The number of likely N-dealkylation sites (tertiary alicyclic amines) is 1. The van der Waals surface area contributed by atoms with Crippen LogP contribution >= 0.6 is 11.8 Å². The highest BCUT2D eigenvalue weighted by molar-refractivity contribution is 7.99. The summed E-state index contributed by atoms with van der Waals surface area (Å²) in [6, 6.07) is 6.62. The third-order valence-electron chi connectivity index (χ3n) is 5.18. The summed E-state index contributed by atoms with van der Waals surface area (Å²) in [5.74, 6) is 0.527. The van der Waals surface area contributed by atoms with Gasteiger partial charge in [0.15, 0.2) is 5.65 Å². The summed E-state index contributed by atoms with van der Waals surface area (Å²) in [5.41, 5.74) is 3.90. The van der Waals surface area contributed by atoms with Crippen LogP contribution in [-0.4, -0.2) is 48.9 Å². The van der Waals surface area contributed by atoms with Gasteiger partial charge in [-0.25, -0.2) is 4.98 Å². The third kappa shape index (κ3) is 3.05. The van der Waals surface area contributed by atoms with E-state index in [1.165, 1.54) is 23.7 Å². The number of benzene rings is 1.